The van der Waals surface area contributed by atoms with Crippen molar-refractivity contribution in [1.82, 2.24) is 5.32 Å². The van der Waals surface area contributed by atoms with Crippen molar-refractivity contribution in [3.8, 4) is 0 Å². The molecule has 5 heteroatoms. The monoisotopic (exact) mass is 380 g/mol. The molecule has 2 aromatic rings. The van der Waals surface area contributed by atoms with E-state index in [4.69, 9.17) is 4.74 Å². The molecule has 1 aliphatic heterocycles. The number of carbonyl (C=O) groups is 2. The van der Waals surface area contributed by atoms with Gasteiger partial charge in [0.2, 0.25) is 5.91 Å². The fraction of sp³-hybridized carbons (Fsp3) is 0.478. The van der Waals surface area contributed by atoms with Crippen LogP contribution in [0.25, 0.3) is 10.8 Å². The molecule has 2 fully saturated rings. The Kier molecular flexibility index (Phi) is 5.62. The lowest BCUT2D eigenvalue weighted by Crippen LogP contribution is -2.34. The predicted molar refractivity (Wildman–Crippen MR) is 110 cm³/mol. The number of benzene rings is 2. The summed E-state index contributed by atoms with van der Waals surface area (Å²) in [6.07, 6.45) is 6.28. The number of amides is 2. The highest BCUT2D eigenvalue weighted by Crippen LogP contribution is 2.32. The fourth-order valence-corrected chi connectivity index (χ4v) is 3.79. The van der Waals surface area contributed by atoms with Crippen LogP contribution in [0.3, 0.4) is 0 Å². The Bertz CT molecular complexity index is 869. The van der Waals surface area contributed by atoms with Crippen LogP contribution in [0.15, 0.2) is 36.4 Å². The third-order valence-electron chi connectivity index (χ3n) is 5.66. The van der Waals surface area contributed by atoms with Gasteiger partial charge in [-0.15, -0.1) is 0 Å². The third kappa shape index (κ3) is 4.53. The van der Waals surface area contributed by atoms with E-state index in [1.807, 2.05) is 43.3 Å². The predicted octanol–water partition coefficient (Wildman–Crippen LogP) is 4.27. The molecule has 1 saturated carbocycles. The summed E-state index contributed by atoms with van der Waals surface area (Å²) in [5.41, 5.74) is 1.12. The lowest BCUT2D eigenvalue weighted by molar-refractivity contribution is -0.117. The molecule has 0 spiro atoms. The number of fused-ring (bicyclic) bond motifs is 1. The Morgan fingerprint density at radius 2 is 1.89 bits per heavy atom. The zero-order chi connectivity index (χ0) is 19.5. The molecule has 1 heterocycles. The van der Waals surface area contributed by atoms with E-state index in [0.29, 0.717) is 17.4 Å². The summed E-state index contributed by atoms with van der Waals surface area (Å²) in [4.78, 5) is 25.3. The van der Waals surface area contributed by atoms with Crippen LogP contribution >= 0.6 is 0 Å². The smallest absolute Gasteiger partial charge is 0.253 e. The van der Waals surface area contributed by atoms with E-state index in [2.05, 4.69) is 10.6 Å². The molecule has 5 nitrogen and oxygen atoms in total. The molecule has 2 unspecified atom stereocenters. The minimum Gasteiger partial charge on any atom is -0.378 e. The molecule has 2 aromatic carbocycles. The first-order valence-corrected chi connectivity index (χ1v) is 10.4. The molecule has 2 atom stereocenters. The van der Waals surface area contributed by atoms with Gasteiger partial charge in [0.1, 0.15) is 0 Å². The zero-order valence-corrected chi connectivity index (χ0v) is 16.4. The van der Waals surface area contributed by atoms with Gasteiger partial charge in [-0.25, -0.2) is 0 Å². The Morgan fingerprint density at radius 1 is 1.14 bits per heavy atom. The van der Waals surface area contributed by atoms with Crippen LogP contribution in [0.2, 0.25) is 0 Å². The van der Waals surface area contributed by atoms with Gasteiger partial charge in [0.05, 0.1) is 17.4 Å². The molecule has 1 aliphatic carbocycles. The lowest BCUT2D eigenvalue weighted by Gasteiger charge is -2.18. The number of anilines is 1. The van der Waals surface area contributed by atoms with Crippen LogP contribution in [0.1, 0.15) is 55.8 Å². The summed E-state index contributed by atoms with van der Waals surface area (Å²) < 4.78 is 5.67. The number of hydrogen-bond donors (Lipinski definition) is 2. The van der Waals surface area contributed by atoms with Crippen LogP contribution in [-0.2, 0) is 9.53 Å². The molecule has 2 N–H and O–H groups in total. The highest BCUT2D eigenvalue weighted by molar-refractivity contribution is 6.08. The van der Waals surface area contributed by atoms with Gasteiger partial charge >= 0.3 is 0 Å². The first kappa shape index (κ1) is 18.9. The molecule has 1 saturated heterocycles. The average molecular weight is 380 g/mol. The van der Waals surface area contributed by atoms with Gasteiger partial charge in [-0.1, -0.05) is 24.3 Å². The quantitative estimate of drug-likeness (QED) is 0.754. The largest absolute Gasteiger partial charge is 0.378 e. The van der Waals surface area contributed by atoms with Crippen molar-refractivity contribution in [2.75, 3.05) is 11.9 Å². The first-order chi connectivity index (χ1) is 13.6. The van der Waals surface area contributed by atoms with Gasteiger partial charge < -0.3 is 15.4 Å². The van der Waals surface area contributed by atoms with Gasteiger partial charge in [-0.05, 0) is 68.4 Å². The van der Waals surface area contributed by atoms with E-state index in [1.165, 1.54) is 0 Å². The van der Waals surface area contributed by atoms with E-state index in [9.17, 15) is 9.59 Å². The van der Waals surface area contributed by atoms with Crippen LogP contribution in [0, 0.1) is 5.92 Å². The Balaban J connectivity index is 1.49. The lowest BCUT2D eigenvalue weighted by atomic mass is 10.0. The second-order valence-corrected chi connectivity index (χ2v) is 8.10. The van der Waals surface area contributed by atoms with Gasteiger partial charge in [-0.2, -0.15) is 0 Å². The zero-order valence-electron chi connectivity index (χ0n) is 16.4. The van der Waals surface area contributed by atoms with Crippen LogP contribution in [-0.4, -0.2) is 30.6 Å². The molecule has 2 amide bonds. The van der Waals surface area contributed by atoms with Crippen molar-refractivity contribution < 1.29 is 14.3 Å². The molecule has 0 aromatic heterocycles. The summed E-state index contributed by atoms with van der Waals surface area (Å²) >= 11 is 0. The van der Waals surface area contributed by atoms with Crippen molar-refractivity contribution in [2.45, 2.75) is 57.6 Å². The molecular weight excluding hydrogens is 352 g/mol. The molecule has 0 radical (unpaired) electrons. The summed E-state index contributed by atoms with van der Waals surface area (Å²) in [6, 6.07) is 11.7. The summed E-state index contributed by atoms with van der Waals surface area (Å²) in [5.74, 6) is -0.0415. The molecule has 4 rings (SSSR count). The number of hydrogen-bond acceptors (Lipinski definition) is 3. The van der Waals surface area contributed by atoms with E-state index < -0.39 is 0 Å². The third-order valence-corrected chi connectivity index (χ3v) is 5.66. The second-order valence-electron chi connectivity index (χ2n) is 8.10. The van der Waals surface area contributed by atoms with Crippen LogP contribution < -0.4 is 10.6 Å². The van der Waals surface area contributed by atoms with E-state index in [1.54, 1.807) is 0 Å². The minimum absolute atomic E-state index is 0.00996. The number of nitrogens with one attached hydrogen (secondary N) is 2. The molecular formula is C23H28N2O3. The standard InChI is InChI=1S/C23H28N2O3/c1-15(8-11-19-7-4-12-28-19)24-23(27)20-13-17-5-2-3-6-18(17)14-21(20)25-22(26)16-9-10-16/h2-3,5-6,13-16,19H,4,7-12H2,1H3,(H,24,27)(H,25,26). The van der Waals surface area contributed by atoms with E-state index in [0.717, 1.165) is 55.9 Å². The van der Waals surface area contributed by atoms with Crippen molar-refractivity contribution in [2.24, 2.45) is 5.92 Å². The molecule has 0 bridgehead atoms. The van der Waals surface area contributed by atoms with Gasteiger partial charge in [0, 0.05) is 18.6 Å². The number of carbonyl (C=O) groups excluding carboxylic acids is 2. The molecule has 148 valence electrons. The van der Waals surface area contributed by atoms with Crippen molar-refractivity contribution in [1.29, 1.82) is 0 Å². The minimum atomic E-state index is -0.142. The Hall–Kier alpha value is -2.40. The SMILES string of the molecule is CC(CCC1CCCO1)NC(=O)c1cc2ccccc2cc1NC(=O)C1CC1. The van der Waals surface area contributed by atoms with Gasteiger partial charge in [0.25, 0.3) is 5.91 Å². The Labute approximate surface area is 165 Å². The van der Waals surface area contributed by atoms with Crippen molar-refractivity contribution in [3.05, 3.63) is 42.0 Å². The first-order valence-electron chi connectivity index (χ1n) is 10.4. The molecule has 28 heavy (non-hydrogen) atoms. The van der Waals surface area contributed by atoms with Crippen LogP contribution in [0.5, 0.6) is 0 Å². The highest BCUT2D eigenvalue weighted by atomic mass is 16.5. The maximum atomic E-state index is 13.0. The topological polar surface area (TPSA) is 67.4 Å². The maximum Gasteiger partial charge on any atom is 0.253 e. The highest BCUT2D eigenvalue weighted by Gasteiger charge is 2.30. The maximum absolute atomic E-state index is 13.0. The fourth-order valence-electron chi connectivity index (χ4n) is 3.79. The average Bonchev–Trinajstić information content (AvgIpc) is 3.42. The van der Waals surface area contributed by atoms with E-state index >= 15 is 0 Å². The molecule has 2 aliphatic rings. The second kappa shape index (κ2) is 8.31. The summed E-state index contributed by atoms with van der Waals surface area (Å²) in [5, 5.41) is 8.07. The van der Waals surface area contributed by atoms with Crippen LogP contribution in [0.4, 0.5) is 5.69 Å². The summed E-state index contributed by atoms with van der Waals surface area (Å²) in [7, 11) is 0. The van der Waals surface area contributed by atoms with Gasteiger partial charge in [0.15, 0.2) is 0 Å². The van der Waals surface area contributed by atoms with E-state index in [-0.39, 0.29) is 23.8 Å². The number of rotatable bonds is 7. The van der Waals surface area contributed by atoms with Crippen molar-refractivity contribution in [3.63, 3.8) is 0 Å². The summed E-state index contributed by atoms with van der Waals surface area (Å²) in [6.45, 7) is 2.88. The number of ether oxygens (including phenoxy) is 1. The normalized spacial score (nSPS) is 20.1. The Morgan fingerprint density at radius 3 is 2.57 bits per heavy atom. The van der Waals surface area contributed by atoms with Gasteiger partial charge in [-0.3, -0.25) is 9.59 Å². The van der Waals surface area contributed by atoms with Crippen molar-refractivity contribution >= 4 is 28.3 Å².